The highest BCUT2D eigenvalue weighted by molar-refractivity contribution is 6.30. The van der Waals surface area contributed by atoms with Crippen LogP contribution in [0, 0.1) is 0 Å². The fourth-order valence-corrected chi connectivity index (χ4v) is 3.32. The molecule has 0 saturated carbocycles. The molecule has 100 valence electrons. The normalized spacial score (nSPS) is 20.3. The summed E-state index contributed by atoms with van der Waals surface area (Å²) in [4.78, 5) is 25.6. The summed E-state index contributed by atoms with van der Waals surface area (Å²) in [6.45, 7) is 0.565. The third kappa shape index (κ3) is 1.46. The summed E-state index contributed by atoms with van der Waals surface area (Å²) in [7, 11) is 0. The highest BCUT2D eigenvalue weighted by Gasteiger charge is 2.38. The van der Waals surface area contributed by atoms with Gasteiger partial charge in [0.15, 0.2) is 0 Å². The number of allylic oxidation sites excluding steroid dienone is 3. The first-order chi connectivity index (χ1) is 9.77. The smallest absolute Gasteiger partial charge is 0.261 e. The standard InChI is InChI=1S/C17H15NO2/c19-15-9-10-18(15)17(20)16-13-7-3-1-5-11(13)12-6-2-4-8-14(12)16/h1,3,5-7H,2,4,8-10H2. The number of hydrogen-bond acceptors (Lipinski definition) is 2. The average molecular weight is 265 g/mol. The molecule has 0 unspecified atom stereocenters. The molecule has 2 aliphatic carbocycles. The van der Waals surface area contributed by atoms with E-state index in [9.17, 15) is 9.59 Å². The third-order valence-electron chi connectivity index (χ3n) is 4.40. The van der Waals surface area contributed by atoms with E-state index in [0.717, 1.165) is 41.5 Å². The van der Waals surface area contributed by atoms with Crippen molar-refractivity contribution in [2.75, 3.05) is 6.54 Å². The fourth-order valence-electron chi connectivity index (χ4n) is 3.32. The summed E-state index contributed by atoms with van der Waals surface area (Å²) in [5.41, 5.74) is 5.27. The highest BCUT2D eigenvalue weighted by atomic mass is 16.2. The third-order valence-corrected chi connectivity index (χ3v) is 4.40. The Balaban J connectivity index is 1.88. The molecule has 0 N–H and O–H groups in total. The van der Waals surface area contributed by atoms with Gasteiger partial charge in [-0.3, -0.25) is 14.5 Å². The Morgan fingerprint density at radius 3 is 2.60 bits per heavy atom. The lowest BCUT2D eigenvalue weighted by Crippen LogP contribution is -2.47. The van der Waals surface area contributed by atoms with Gasteiger partial charge in [-0.05, 0) is 41.5 Å². The number of β-lactam (4-membered cyclic amide) rings is 1. The zero-order valence-electron chi connectivity index (χ0n) is 11.2. The largest absolute Gasteiger partial charge is 0.278 e. The molecule has 20 heavy (non-hydrogen) atoms. The van der Waals surface area contributed by atoms with Crippen molar-refractivity contribution in [3.05, 3.63) is 47.0 Å². The van der Waals surface area contributed by atoms with Crippen molar-refractivity contribution < 1.29 is 9.59 Å². The van der Waals surface area contributed by atoms with Crippen LogP contribution in [0.2, 0.25) is 0 Å². The molecule has 1 aromatic rings. The van der Waals surface area contributed by atoms with Crippen LogP contribution in [0.3, 0.4) is 0 Å². The molecule has 1 aromatic carbocycles. The van der Waals surface area contributed by atoms with E-state index in [1.54, 1.807) is 0 Å². The van der Waals surface area contributed by atoms with Crippen molar-refractivity contribution in [3.8, 4) is 0 Å². The molecule has 0 aromatic heterocycles. The maximum Gasteiger partial charge on any atom is 0.261 e. The highest BCUT2D eigenvalue weighted by Crippen LogP contribution is 2.46. The minimum absolute atomic E-state index is 0.0474. The van der Waals surface area contributed by atoms with Crippen LogP contribution in [0.1, 0.15) is 36.8 Å². The molecule has 0 radical (unpaired) electrons. The van der Waals surface area contributed by atoms with Gasteiger partial charge in [0.25, 0.3) is 5.91 Å². The maximum absolute atomic E-state index is 12.7. The number of hydrogen-bond donors (Lipinski definition) is 0. The molecular formula is C17H15NO2. The number of fused-ring (bicyclic) bond motifs is 3. The Labute approximate surface area is 117 Å². The molecule has 1 saturated heterocycles. The number of likely N-dealkylation sites (tertiary alicyclic amines) is 1. The number of carbonyl (C=O) groups excluding carboxylic acids is 2. The van der Waals surface area contributed by atoms with E-state index in [0.29, 0.717) is 13.0 Å². The van der Waals surface area contributed by atoms with E-state index in [-0.39, 0.29) is 11.8 Å². The lowest BCUT2D eigenvalue weighted by molar-refractivity contribution is -0.149. The fraction of sp³-hybridized carbons (Fsp3) is 0.294. The minimum Gasteiger partial charge on any atom is -0.278 e. The average Bonchev–Trinajstić information content (AvgIpc) is 2.80. The second kappa shape index (κ2) is 4.17. The number of carbonyl (C=O) groups is 2. The first kappa shape index (κ1) is 11.6. The van der Waals surface area contributed by atoms with Gasteiger partial charge in [-0.25, -0.2) is 0 Å². The van der Waals surface area contributed by atoms with Crippen molar-refractivity contribution in [1.82, 2.24) is 4.90 Å². The SMILES string of the molecule is O=C1CCN1C(=O)C1=C2CCCC=C2c2ccccc21. The van der Waals surface area contributed by atoms with Crippen molar-refractivity contribution in [2.45, 2.75) is 25.7 Å². The second-order valence-corrected chi connectivity index (χ2v) is 5.51. The topological polar surface area (TPSA) is 37.4 Å². The van der Waals surface area contributed by atoms with E-state index < -0.39 is 0 Å². The maximum atomic E-state index is 12.7. The van der Waals surface area contributed by atoms with Crippen molar-refractivity contribution >= 4 is 23.0 Å². The molecule has 1 fully saturated rings. The quantitative estimate of drug-likeness (QED) is 0.578. The molecule has 3 heteroatoms. The summed E-state index contributed by atoms with van der Waals surface area (Å²) >= 11 is 0. The molecular weight excluding hydrogens is 250 g/mol. The molecule has 1 aliphatic heterocycles. The van der Waals surface area contributed by atoms with Crippen LogP contribution >= 0.6 is 0 Å². The van der Waals surface area contributed by atoms with Crippen molar-refractivity contribution in [3.63, 3.8) is 0 Å². The lowest BCUT2D eigenvalue weighted by Gasteiger charge is -2.29. The van der Waals surface area contributed by atoms with Crippen LogP contribution in [0.4, 0.5) is 0 Å². The molecule has 3 nitrogen and oxygen atoms in total. The van der Waals surface area contributed by atoms with E-state index in [4.69, 9.17) is 0 Å². The number of rotatable bonds is 1. The number of benzene rings is 1. The molecule has 0 bridgehead atoms. The zero-order chi connectivity index (χ0) is 13.7. The van der Waals surface area contributed by atoms with Crippen molar-refractivity contribution in [1.29, 1.82) is 0 Å². The van der Waals surface area contributed by atoms with Crippen LogP contribution in [-0.4, -0.2) is 23.3 Å². The first-order valence-corrected chi connectivity index (χ1v) is 7.15. The molecule has 0 spiro atoms. The first-order valence-electron chi connectivity index (χ1n) is 7.15. The van der Waals surface area contributed by atoms with Crippen LogP contribution in [0.15, 0.2) is 35.9 Å². The Morgan fingerprint density at radius 2 is 1.90 bits per heavy atom. The zero-order valence-corrected chi connectivity index (χ0v) is 11.2. The summed E-state index contributed by atoms with van der Waals surface area (Å²) in [5.74, 6) is -0.150. The van der Waals surface area contributed by atoms with Crippen molar-refractivity contribution in [2.24, 2.45) is 0 Å². The lowest BCUT2D eigenvalue weighted by atomic mass is 9.92. The summed E-state index contributed by atoms with van der Waals surface area (Å²) in [5, 5.41) is 0. The number of imide groups is 1. The minimum atomic E-state index is -0.103. The molecule has 2 amide bonds. The van der Waals surface area contributed by atoms with Gasteiger partial charge in [0.2, 0.25) is 5.91 Å². The Morgan fingerprint density at radius 1 is 1.10 bits per heavy atom. The van der Waals surface area contributed by atoms with Gasteiger partial charge in [-0.2, -0.15) is 0 Å². The van der Waals surface area contributed by atoms with Gasteiger partial charge in [0.05, 0.1) is 5.57 Å². The Bertz CT molecular complexity index is 697. The van der Waals surface area contributed by atoms with E-state index in [1.165, 1.54) is 10.5 Å². The molecule has 3 aliphatic rings. The second-order valence-electron chi connectivity index (χ2n) is 5.51. The monoisotopic (exact) mass is 265 g/mol. The van der Waals surface area contributed by atoms with E-state index >= 15 is 0 Å². The Hall–Kier alpha value is -2.16. The summed E-state index contributed by atoms with van der Waals surface area (Å²) in [6, 6.07) is 8.04. The molecule has 1 heterocycles. The van der Waals surface area contributed by atoms with Crippen LogP contribution in [0.25, 0.3) is 11.1 Å². The van der Waals surface area contributed by atoms with Gasteiger partial charge in [0.1, 0.15) is 0 Å². The predicted molar refractivity (Wildman–Crippen MR) is 76.5 cm³/mol. The summed E-state index contributed by atoms with van der Waals surface area (Å²) < 4.78 is 0. The van der Waals surface area contributed by atoms with Gasteiger partial charge in [-0.15, -0.1) is 0 Å². The van der Waals surface area contributed by atoms with Crippen LogP contribution in [0.5, 0.6) is 0 Å². The molecule has 4 rings (SSSR count). The van der Waals surface area contributed by atoms with Crippen LogP contribution in [-0.2, 0) is 9.59 Å². The van der Waals surface area contributed by atoms with Gasteiger partial charge in [-0.1, -0.05) is 30.3 Å². The van der Waals surface area contributed by atoms with E-state index in [2.05, 4.69) is 12.1 Å². The van der Waals surface area contributed by atoms with Gasteiger partial charge >= 0.3 is 0 Å². The van der Waals surface area contributed by atoms with Crippen LogP contribution < -0.4 is 0 Å². The Kier molecular flexibility index (Phi) is 2.43. The summed E-state index contributed by atoms with van der Waals surface area (Å²) in [6.07, 6.45) is 5.81. The van der Waals surface area contributed by atoms with Gasteiger partial charge in [0, 0.05) is 13.0 Å². The number of amides is 2. The number of nitrogens with zero attached hydrogens (tertiary/aromatic N) is 1. The predicted octanol–water partition coefficient (Wildman–Crippen LogP) is 2.78. The van der Waals surface area contributed by atoms with E-state index in [1.807, 2.05) is 18.2 Å². The van der Waals surface area contributed by atoms with Gasteiger partial charge < -0.3 is 0 Å². The molecule has 0 atom stereocenters.